The first-order valence-corrected chi connectivity index (χ1v) is 7.24. The quantitative estimate of drug-likeness (QED) is 0.734. The van der Waals surface area contributed by atoms with Gasteiger partial charge in [-0.1, -0.05) is 0 Å². The molecule has 0 unspecified atom stereocenters. The van der Waals surface area contributed by atoms with E-state index >= 15 is 0 Å². The number of hydrogen-bond acceptors (Lipinski definition) is 4. The third-order valence-electron chi connectivity index (χ3n) is 3.38. The van der Waals surface area contributed by atoms with Gasteiger partial charge in [0.25, 0.3) is 0 Å². The summed E-state index contributed by atoms with van der Waals surface area (Å²) >= 11 is 0. The zero-order valence-corrected chi connectivity index (χ0v) is 12.7. The highest BCUT2D eigenvalue weighted by Crippen LogP contribution is 2.18. The molecule has 0 aliphatic heterocycles. The number of amides is 1. The van der Waals surface area contributed by atoms with Crippen molar-refractivity contribution >= 4 is 22.5 Å². The van der Waals surface area contributed by atoms with E-state index in [1.165, 1.54) is 0 Å². The minimum Gasteiger partial charge on any atom is -0.497 e. The molecule has 3 rings (SSSR count). The molecular weight excluding hydrogens is 294 g/mol. The van der Waals surface area contributed by atoms with E-state index in [4.69, 9.17) is 9.47 Å². The summed E-state index contributed by atoms with van der Waals surface area (Å²) in [6.45, 7) is 0.310. The highest BCUT2D eigenvalue weighted by atomic mass is 16.5. The van der Waals surface area contributed by atoms with Crippen molar-refractivity contribution in [1.82, 2.24) is 10.2 Å². The SMILES string of the molecule is COc1ccc(OCCC(=O)Nc2ccc3cn[nH]c3c2)cc1. The van der Waals surface area contributed by atoms with Crippen LogP contribution in [0.1, 0.15) is 6.42 Å². The van der Waals surface area contributed by atoms with Gasteiger partial charge in [-0.2, -0.15) is 5.10 Å². The number of ether oxygens (including phenoxy) is 2. The lowest BCUT2D eigenvalue weighted by Crippen LogP contribution is -2.15. The highest BCUT2D eigenvalue weighted by molar-refractivity contribution is 5.93. The second-order valence-corrected chi connectivity index (χ2v) is 4.99. The fraction of sp³-hybridized carbons (Fsp3) is 0.176. The van der Waals surface area contributed by atoms with Crippen molar-refractivity contribution in [2.24, 2.45) is 0 Å². The Hall–Kier alpha value is -3.02. The minimum atomic E-state index is -0.0997. The van der Waals surface area contributed by atoms with Gasteiger partial charge in [-0.3, -0.25) is 9.89 Å². The number of benzene rings is 2. The maximum absolute atomic E-state index is 11.9. The molecule has 118 valence electrons. The first kappa shape index (κ1) is 14.9. The van der Waals surface area contributed by atoms with Crippen LogP contribution < -0.4 is 14.8 Å². The summed E-state index contributed by atoms with van der Waals surface area (Å²) in [6.07, 6.45) is 2.01. The Labute approximate surface area is 133 Å². The number of hydrogen-bond donors (Lipinski definition) is 2. The molecule has 0 radical (unpaired) electrons. The smallest absolute Gasteiger partial charge is 0.227 e. The molecule has 23 heavy (non-hydrogen) atoms. The van der Waals surface area contributed by atoms with Gasteiger partial charge in [0.05, 0.1) is 31.9 Å². The third kappa shape index (κ3) is 3.79. The van der Waals surface area contributed by atoms with E-state index in [2.05, 4.69) is 15.5 Å². The van der Waals surface area contributed by atoms with Gasteiger partial charge in [-0.25, -0.2) is 0 Å². The van der Waals surface area contributed by atoms with Crippen molar-refractivity contribution in [3.63, 3.8) is 0 Å². The average molecular weight is 311 g/mol. The monoisotopic (exact) mass is 311 g/mol. The number of fused-ring (bicyclic) bond motifs is 1. The molecule has 1 aromatic heterocycles. The van der Waals surface area contributed by atoms with E-state index in [0.29, 0.717) is 12.4 Å². The second-order valence-electron chi connectivity index (χ2n) is 4.99. The number of carbonyl (C=O) groups is 1. The van der Waals surface area contributed by atoms with E-state index < -0.39 is 0 Å². The number of methoxy groups -OCH3 is 1. The molecule has 0 aliphatic carbocycles. The van der Waals surface area contributed by atoms with E-state index in [0.717, 1.165) is 22.3 Å². The molecule has 0 atom stereocenters. The second kappa shape index (κ2) is 6.83. The molecule has 2 aromatic carbocycles. The van der Waals surface area contributed by atoms with E-state index in [1.54, 1.807) is 13.3 Å². The fourth-order valence-corrected chi connectivity index (χ4v) is 2.17. The van der Waals surface area contributed by atoms with Crippen molar-refractivity contribution < 1.29 is 14.3 Å². The normalized spacial score (nSPS) is 10.5. The average Bonchev–Trinajstić information content (AvgIpc) is 3.03. The van der Waals surface area contributed by atoms with Gasteiger partial charge in [0.15, 0.2) is 0 Å². The van der Waals surface area contributed by atoms with Crippen LogP contribution in [0, 0.1) is 0 Å². The van der Waals surface area contributed by atoms with Crippen LogP contribution in [0.5, 0.6) is 11.5 Å². The van der Waals surface area contributed by atoms with Gasteiger partial charge >= 0.3 is 0 Å². The molecule has 1 heterocycles. The lowest BCUT2D eigenvalue weighted by molar-refractivity contribution is -0.116. The summed E-state index contributed by atoms with van der Waals surface area (Å²) in [7, 11) is 1.61. The zero-order chi connectivity index (χ0) is 16.1. The predicted octanol–water partition coefficient (Wildman–Crippen LogP) is 2.98. The maximum Gasteiger partial charge on any atom is 0.227 e. The summed E-state index contributed by atoms with van der Waals surface area (Å²) in [5.41, 5.74) is 1.62. The van der Waals surface area contributed by atoms with Crippen LogP contribution >= 0.6 is 0 Å². The molecule has 0 bridgehead atoms. The molecule has 2 N–H and O–H groups in total. The molecule has 0 fully saturated rings. The largest absolute Gasteiger partial charge is 0.497 e. The molecule has 1 amide bonds. The van der Waals surface area contributed by atoms with Crippen LogP contribution in [-0.2, 0) is 4.79 Å². The summed E-state index contributed by atoms with van der Waals surface area (Å²) in [5, 5.41) is 10.7. The number of rotatable bonds is 6. The van der Waals surface area contributed by atoms with Crippen LogP contribution in [0.2, 0.25) is 0 Å². The lowest BCUT2D eigenvalue weighted by Gasteiger charge is -2.08. The van der Waals surface area contributed by atoms with Gasteiger partial charge in [0.2, 0.25) is 5.91 Å². The number of anilines is 1. The van der Waals surface area contributed by atoms with Crippen molar-refractivity contribution in [3.8, 4) is 11.5 Å². The van der Waals surface area contributed by atoms with Gasteiger partial charge < -0.3 is 14.8 Å². The summed E-state index contributed by atoms with van der Waals surface area (Å²) in [5.74, 6) is 1.37. The summed E-state index contributed by atoms with van der Waals surface area (Å²) in [4.78, 5) is 11.9. The van der Waals surface area contributed by atoms with Crippen molar-refractivity contribution in [3.05, 3.63) is 48.7 Å². The fourth-order valence-electron chi connectivity index (χ4n) is 2.17. The number of carbonyl (C=O) groups excluding carboxylic acids is 1. The van der Waals surface area contributed by atoms with E-state index in [9.17, 15) is 4.79 Å². The number of H-pyrrole nitrogens is 1. The Morgan fingerprint density at radius 3 is 2.74 bits per heavy atom. The Kier molecular flexibility index (Phi) is 4.42. The molecule has 0 aliphatic rings. The Balaban J connectivity index is 1.48. The predicted molar refractivity (Wildman–Crippen MR) is 87.8 cm³/mol. The summed E-state index contributed by atoms with van der Waals surface area (Å²) < 4.78 is 10.6. The van der Waals surface area contributed by atoms with Crippen LogP contribution in [0.4, 0.5) is 5.69 Å². The molecular formula is C17H17N3O3. The van der Waals surface area contributed by atoms with Crippen LogP contribution in [-0.4, -0.2) is 29.8 Å². The number of aromatic amines is 1. The first-order chi connectivity index (χ1) is 11.2. The van der Waals surface area contributed by atoms with Crippen LogP contribution in [0.15, 0.2) is 48.7 Å². The van der Waals surface area contributed by atoms with Gasteiger partial charge in [-0.15, -0.1) is 0 Å². The summed E-state index contributed by atoms with van der Waals surface area (Å²) in [6, 6.07) is 12.8. The van der Waals surface area contributed by atoms with Gasteiger partial charge in [-0.05, 0) is 42.5 Å². The highest BCUT2D eigenvalue weighted by Gasteiger charge is 2.05. The Morgan fingerprint density at radius 1 is 1.17 bits per heavy atom. The van der Waals surface area contributed by atoms with Crippen LogP contribution in [0.3, 0.4) is 0 Å². The zero-order valence-electron chi connectivity index (χ0n) is 12.7. The molecule has 3 aromatic rings. The molecule has 0 saturated heterocycles. The minimum absolute atomic E-state index is 0.0997. The topological polar surface area (TPSA) is 76.2 Å². The number of nitrogens with one attached hydrogen (secondary N) is 2. The van der Waals surface area contributed by atoms with E-state index in [1.807, 2.05) is 42.5 Å². The van der Waals surface area contributed by atoms with Crippen molar-refractivity contribution in [1.29, 1.82) is 0 Å². The molecule has 6 heteroatoms. The third-order valence-corrected chi connectivity index (χ3v) is 3.38. The standard InChI is InChI=1S/C17H17N3O3/c1-22-14-4-6-15(7-5-14)23-9-8-17(21)19-13-3-2-12-11-18-20-16(12)10-13/h2-7,10-11H,8-9H2,1H3,(H,18,20)(H,19,21). The molecule has 0 spiro atoms. The number of aromatic nitrogens is 2. The van der Waals surface area contributed by atoms with Gasteiger partial charge in [0.1, 0.15) is 11.5 Å². The first-order valence-electron chi connectivity index (χ1n) is 7.24. The maximum atomic E-state index is 11.9. The molecule has 6 nitrogen and oxygen atoms in total. The lowest BCUT2D eigenvalue weighted by atomic mass is 10.2. The Morgan fingerprint density at radius 2 is 1.96 bits per heavy atom. The molecule has 0 saturated carbocycles. The van der Waals surface area contributed by atoms with Crippen LogP contribution in [0.25, 0.3) is 10.9 Å². The van der Waals surface area contributed by atoms with E-state index in [-0.39, 0.29) is 12.3 Å². The van der Waals surface area contributed by atoms with Gasteiger partial charge in [0, 0.05) is 11.1 Å². The van der Waals surface area contributed by atoms with Crippen molar-refractivity contribution in [2.45, 2.75) is 6.42 Å². The number of nitrogens with zero attached hydrogens (tertiary/aromatic N) is 1. The van der Waals surface area contributed by atoms with Crippen molar-refractivity contribution in [2.75, 3.05) is 19.0 Å². The Bertz CT molecular complexity index is 796.